The number of H-pyrrole nitrogens is 1. The highest BCUT2D eigenvalue weighted by atomic mass is 35.5. The third kappa shape index (κ3) is 3.11. The number of aromatic amines is 1. The van der Waals surface area contributed by atoms with Crippen molar-refractivity contribution in [2.45, 2.75) is 12.5 Å². The molecule has 0 saturated heterocycles. The van der Waals surface area contributed by atoms with Crippen LogP contribution in [0.5, 0.6) is 0 Å². The standard InChI is InChI=1S/C24H18Cl2N2O/c25-19-11-10-16(14-20(19)26)24(29)28-13-12-18-17-8-4-5-9-21(17)27-22(18)23(28)15-6-2-1-3-7-15/h1-11,14,23,27H,12-13H2. The second kappa shape index (κ2) is 7.25. The Morgan fingerprint density at radius 3 is 2.48 bits per heavy atom. The highest BCUT2D eigenvalue weighted by Crippen LogP contribution is 2.39. The fourth-order valence-electron chi connectivity index (χ4n) is 4.24. The number of benzene rings is 3. The van der Waals surface area contributed by atoms with Crippen LogP contribution in [0.2, 0.25) is 10.0 Å². The Morgan fingerprint density at radius 1 is 0.931 bits per heavy atom. The lowest BCUT2D eigenvalue weighted by Crippen LogP contribution is -2.40. The lowest BCUT2D eigenvalue weighted by Gasteiger charge is -2.36. The van der Waals surface area contributed by atoms with Crippen molar-refractivity contribution in [2.75, 3.05) is 6.54 Å². The van der Waals surface area contributed by atoms with E-state index in [2.05, 4.69) is 35.3 Å². The molecule has 3 nitrogen and oxygen atoms in total. The fourth-order valence-corrected chi connectivity index (χ4v) is 4.53. The van der Waals surface area contributed by atoms with Gasteiger partial charge in [0.05, 0.1) is 16.1 Å². The van der Waals surface area contributed by atoms with Gasteiger partial charge in [0.25, 0.3) is 5.91 Å². The summed E-state index contributed by atoms with van der Waals surface area (Å²) in [5.41, 5.74) is 5.08. The van der Waals surface area contributed by atoms with E-state index in [-0.39, 0.29) is 11.9 Å². The van der Waals surface area contributed by atoms with Gasteiger partial charge in [-0.1, -0.05) is 71.7 Å². The zero-order valence-corrected chi connectivity index (χ0v) is 17.0. The summed E-state index contributed by atoms with van der Waals surface area (Å²) >= 11 is 12.2. The molecule has 0 aliphatic carbocycles. The highest BCUT2D eigenvalue weighted by Gasteiger charge is 2.34. The number of halogens is 2. The molecular weight excluding hydrogens is 403 g/mol. The second-order valence-corrected chi connectivity index (χ2v) is 8.07. The van der Waals surface area contributed by atoms with Crippen LogP contribution in [0, 0.1) is 0 Å². The minimum Gasteiger partial charge on any atom is -0.356 e. The Kier molecular flexibility index (Phi) is 4.57. The van der Waals surface area contributed by atoms with Gasteiger partial charge in [0.1, 0.15) is 0 Å². The van der Waals surface area contributed by atoms with Crippen molar-refractivity contribution >= 4 is 40.0 Å². The van der Waals surface area contributed by atoms with E-state index in [1.54, 1.807) is 18.2 Å². The van der Waals surface area contributed by atoms with Crippen LogP contribution in [0.4, 0.5) is 0 Å². The first-order chi connectivity index (χ1) is 14.1. The molecule has 1 atom stereocenters. The lowest BCUT2D eigenvalue weighted by atomic mass is 9.91. The molecule has 144 valence electrons. The number of carbonyl (C=O) groups excluding carboxylic acids is 1. The molecule has 0 spiro atoms. The molecule has 5 heteroatoms. The molecular formula is C24H18Cl2N2O. The molecule has 4 aromatic rings. The number of hydrogen-bond acceptors (Lipinski definition) is 1. The maximum atomic E-state index is 13.5. The van der Waals surface area contributed by atoms with E-state index in [0.717, 1.165) is 23.2 Å². The predicted octanol–water partition coefficient (Wildman–Crippen LogP) is 6.26. The van der Waals surface area contributed by atoms with Crippen molar-refractivity contribution in [3.63, 3.8) is 0 Å². The Labute approximate surface area is 178 Å². The number of hydrogen-bond donors (Lipinski definition) is 1. The van der Waals surface area contributed by atoms with Crippen LogP contribution in [-0.4, -0.2) is 22.3 Å². The second-order valence-electron chi connectivity index (χ2n) is 7.25. The van der Waals surface area contributed by atoms with Gasteiger partial charge in [0, 0.05) is 28.7 Å². The molecule has 0 fully saturated rings. The largest absolute Gasteiger partial charge is 0.356 e. The molecule has 1 amide bonds. The number of aromatic nitrogens is 1. The van der Waals surface area contributed by atoms with E-state index in [9.17, 15) is 4.79 Å². The Balaban J connectivity index is 1.65. The van der Waals surface area contributed by atoms with Crippen LogP contribution in [0.15, 0.2) is 72.8 Å². The van der Waals surface area contributed by atoms with Crippen LogP contribution in [0.25, 0.3) is 10.9 Å². The summed E-state index contributed by atoms with van der Waals surface area (Å²) in [6.07, 6.45) is 0.801. The van der Waals surface area contributed by atoms with Crippen LogP contribution >= 0.6 is 23.2 Å². The number of amides is 1. The summed E-state index contributed by atoms with van der Waals surface area (Å²) in [4.78, 5) is 19.0. The van der Waals surface area contributed by atoms with E-state index in [1.165, 1.54) is 10.9 Å². The number of rotatable bonds is 2. The first-order valence-electron chi connectivity index (χ1n) is 9.54. The van der Waals surface area contributed by atoms with Crippen molar-refractivity contribution in [1.29, 1.82) is 0 Å². The molecule has 1 aliphatic rings. The summed E-state index contributed by atoms with van der Waals surface area (Å²) in [6, 6.07) is 23.3. The van der Waals surface area contributed by atoms with E-state index in [0.29, 0.717) is 22.2 Å². The van der Waals surface area contributed by atoms with Crippen LogP contribution in [-0.2, 0) is 6.42 Å². The molecule has 1 aromatic heterocycles. The monoisotopic (exact) mass is 420 g/mol. The van der Waals surface area contributed by atoms with Gasteiger partial charge in [-0.2, -0.15) is 0 Å². The third-order valence-electron chi connectivity index (χ3n) is 5.58. The van der Waals surface area contributed by atoms with Gasteiger partial charge in [-0.05, 0) is 41.8 Å². The van der Waals surface area contributed by atoms with Crippen molar-refractivity contribution in [3.05, 3.63) is 105 Å². The predicted molar refractivity (Wildman–Crippen MR) is 118 cm³/mol. The van der Waals surface area contributed by atoms with Gasteiger partial charge in [-0.3, -0.25) is 4.79 Å². The van der Waals surface area contributed by atoms with Crippen LogP contribution in [0.1, 0.15) is 33.2 Å². The van der Waals surface area contributed by atoms with Crippen molar-refractivity contribution in [3.8, 4) is 0 Å². The zero-order valence-electron chi connectivity index (χ0n) is 15.5. The maximum Gasteiger partial charge on any atom is 0.254 e. The third-order valence-corrected chi connectivity index (χ3v) is 6.32. The number of para-hydroxylation sites is 1. The highest BCUT2D eigenvalue weighted by molar-refractivity contribution is 6.42. The number of carbonyl (C=O) groups is 1. The maximum absolute atomic E-state index is 13.5. The number of fused-ring (bicyclic) bond motifs is 3. The van der Waals surface area contributed by atoms with Gasteiger partial charge in [-0.15, -0.1) is 0 Å². The number of nitrogens with one attached hydrogen (secondary N) is 1. The van der Waals surface area contributed by atoms with Gasteiger partial charge in [0.2, 0.25) is 0 Å². The summed E-state index contributed by atoms with van der Waals surface area (Å²) in [5, 5.41) is 2.06. The summed E-state index contributed by atoms with van der Waals surface area (Å²) in [7, 11) is 0. The molecule has 1 unspecified atom stereocenters. The fraction of sp³-hybridized carbons (Fsp3) is 0.125. The Bertz CT molecular complexity index is 1220. The molecule has 1 N–H and O–H groups in total. The summed E-state index contributed by atoms with van der Waals surface area (Å²) in [5.74, 6) is -0.0540. The molecule has 5 rings (SSSR count). The van der Waals surface area contributed by atoms with Gasteiger partial charge in [0.15, 0.2) is 0 Å². The lowest BCUT2D eigenvalue weighted by molar-refractivity contribution is 0.0692. The smallest absolute Gasteiger partial charge is 0.254 e. The topological polar surface area (TPSA) is 36.1 Å². The molecule has 2 heterocycles. The molecule has 0 saturated carbocycles. The van der Waals surface area contributed by atoms with E-state index < -0.39 is 0 Å². The quantitative estimate of drug-likeness (QED) is 0.407. The van der Waals surface area contributed by atoms with Crippen molar-refractivity contribution < 1.29 is 4.79 Å². The normalized spacial score (nSPS) is 16.1. The summed E-state index contributed by atoms with van der Waals surface area (Å²) < 4.78 is 0. The SMILES string of the molecule is O=C(c1ccc(Cl)c(Cl)c1)N1CCc2c([nH]c3ccccc23)C1c1ccccc1. The van der Waals surface area contributed by atoms with E-state index in [4.69, 9.17) is 23.2 Å². The first kappa shape index (κ1) is 18.3. The Hall–Kier alpha value is -2.75. The molecule has 3 aromatic carbocycles. The van der Waals surface area contributed by atoms with Gasteiger partial charge < -0.3 is 9.88 Å². The van der Waals surface area contributed by atoms with Gasteiger partial charge in [-0.25, -0.2) is 0 Å². The average molecular weight is 421 g/mol. The zero-order chi connectivity index (χ0) is 20.0. The van der Waals surface area contributed by atoms with Gasteiger partial charge >= 0.3 is 0 Å². The van der Waals surface area contributed by atoms with E-state index >= 15 is 0 Å². The molecule has 0 bridgehead atoms. The van der Waals surface area contributed by atoms with Crippen LogP contribution in [0.3, 0.4) is 0 Å². The minimum absolute atomic E-state index is 0.0540. The first-order valence-corrected chi connectivity index (χ1v) is 10.3. The van der Waals surface area contributed by atoms with Crippen LogP contribution < -0.4 is 0 Å². The average Bonchev–Trinajstić information content (AvgIpc) is 3.14. The number of nitrogens with zero attached hydrogens (tertiary/aromatic N) is 1. The minimum atomic E-state index is -0.186. The molecule has 0 radical (unpaired) electrons. The summed E-state index contributed by atoms with van der Waals surface area (Å²) in [6.45, 7) is 0.632. The van der Waals surface area contributed by atoms with E-state index in [1.807, 2.05) is 29.2 Å². The Morgan fingerprint density at radius 2 is 1.69 bits per heavy atom. The molecule has 1 aliphatic heterocycles. The molecule has 29 heavy (non-hydrogen) atoms. The van der Waals surface area contributed by atoms with Crippen molar-refractivity contribution in [2.24, 2.45) is 0 Å². The van der Waals surface area contributed by atoms with Crippen molar-refractivity contribution in [1.82, 2.24) is 9.88 Å².